The van der Waals surface area contributed by atoms with Crippen LogP contribution in [0.4, 0.5) is 0 Å². The number of hydrogen-bond acceptors (Lipinski definition) is 0. The summed E-state index contributed by atoms with van der Waals surface area (Å²) >= 11 is 0. The molecular weight excluding hydrogens is 119 g/mol. The van der Waals surface area contributed by atoms with E-state index in [-0.39, 0.29) is 118 Å². The van der Waals surface area contributed by atoms with Crippen molar-refractivity contribution in [3.8, 4) is 0 Å². The summed E-state index contributed by atoms with van der Waals surface area (Å²) in [5.41, 5.74) is 0. The first-order valence-corrected chi connectivity index (χ1v) is 0. The average molecular weight is 127 g/mol. The van der Waals surface area contributed by atoms with Crippen molar-refractivity contribution in [2.45, 2.75) is 0 Å². The van der Waals surface area contributed by atoms with Gasteiger partial charge in [-0.2, -0.15) is 0 Å². The van der Waals surface area contributed by atoms with E-state index in [0.717, 1.165) is 0 Å². The molecule has 0 heterocycles. The summed E-state index contributed by atoms with van der Waals surface area (Å²) in [4.78, 5) is 0. The minimum Gasteiger partial charge on any atom is 0.316 e. The maximum absolute atomic E-state index is 0. The van der Waals surface area contributed by atoms with E-state index >= 15 is 0 Å². The van der Waals surface area contributed by atoms with Crippen molar-refractivity contribution in [3.63, 3.8) is 0 Å². The quantitative estimate of drug-likeness (QED) is 0.305. The van der Waals surface area contributed by atoms with Gasteiger partial charge in [0.2, 0.25) is 0 Å². The van der Waals surface area contributed by atoms with Crippen LogP contribution in [0.5, 0.6) is 0 Å². The Kier molecular flexibility index (Phi) is 102. The molecule has 0 saturated heterocycles. The summed E-state index contributed by atoms with van der Waals surface area (Å²) in [6.45, 7) is 0. The Hall–Kier alpha value is 3.62. The molecule has 0 fully saturated rings. The minimum atomic E-state index is 0. The monoisotopic (exact) mass is 126 g/mol. The van der Waals surface area contributed by atoms with Gasteiger partial charge in [0.05, 0.1) is 0 Å². The molecule has 0 aromatic rings. The van der Waals surface area contributed by atoms with Crippen LogP contribution in [-0.2, 0) is 0 Å². The molecule has 0 bridgehead atoms. The van der Waals surface area contributed by atoms with E-state index in [4.69, 9.17) is 0 Å². The molecule has 0 spiro atoms. The van der Waals surface area contributed by atoms with Crippen molar-refractivity contribution in [1.82, 2.24) is 0 Å². The van der Waals surface area contributed by atoms with Gasteiger partial charge in [0, 0.05) is 0 Å². The van der Waals surface area contributed by atoms with E-state index in [1.54, 1.807) is 0 Å². The minimum absolute atomic E-state index is 0. The molecule has 0 aliphatic heterocycles. The second kappa shape index (κ2) is 16.0. The maximum Gasteiger partial charge on any atom is 0.316 e. The predicted octanol–water partition coefficient (Wildman–Crippen LogP) is -3.31. The molecule has 2 N–H and O–H groups in total. The van der Waals surface area contributed by atoms with Gasteiger partial charge in [-0.3, -0.25) is 0 Å². The molecule has 4 heteroatoms. The van der Waals surface area contributed by atoms with Gasteiger partial charge in [-0.1, -0.05) is 0 Å². The second-order valence-corrected chi connectivity index (χ2v) is 0. The van der Waals surface area contributed by atoms with Crippen LogP contribution in [0.3, 0.4) is 0 Å². The predicted molar refractivity (Wildman–Crippen MR) is 27.9 cm³/mol. The van der Waals surface area contributed by atoms with Crippen molar-refractivity contribution in [2.75, 3.05) is 0 Å². The fourth-order valence-corrected chi connectivity index (χ4v) is 0. The Balaban J connectivity index is 0. The smallest absolute Gasteiger partial charge is 0.316 e. The summed E-state index contributed by atoms with van der Waals surface area (Å²) < 4.78 is 0. The molecule has 0 unspecified atom stereocenters. The summed E-state index contributed by atoms with van der Waals surface area (Å²) in [6.07, 6.45) is 0. The molecule has 0 aliphatic carbocycles. The van der Waals surface area contributed by atoms with Crippen LogP contribution >= 0.6 is 0 Å². The molecule has 0 atom stereocenters. The molecular formula is H7CaKMgO. The zero-order valence-electron chi connectivity index (χ0n) is 0.500. The number of rotatable bonds is 0. The van der Waals surface area contributed by atoms with Crippen LogP contribution in [0.2, 0.25) is 0 Å². The molecule has 0 aliphatic rings. The van der Waals surface area contributed by atoms with Crippen LogP contribution in [0.1, 0.15) is 0 Å². The van der Waals surface area contributed by atoms with Crippen LogP contribution in [-0.4, -0.2) is 118 Å². The first-order valence-electron chi connectivity index (χ1n) is 0. The summed E-state index contributed by atoms with van der Waals surface area (Å²) in [7, 11) is 0. The first-order chi connectivity index (χ1) is 0. The summed E-state index contributed by atoms with van der Waals surface area (Å²) in [6, 6.07) is 0. The molecule has 0 aromatic carbocycles. The molecule has 0 radical (unpaired) electrons. The Morgan fingerprint density at radius 2 is 1.00 bits per heavy atom. The molecule has 0 saturated carbocycles. The van der Waals surface area contributed by atoms with E-state index < -0.39 is 0 Å². The largest absolute Gasteiger partial charge is 0.316 e. The van der Waals surface area contributed by atoms with E-state index in [2.05, 4.69) is 0 Å². The third-order valence-corrected chi connectivity index (χ3v) is 0. The molecule has 0 aromatic heterocycles. The van der Waals surface area contributed by atoms with Gasteiger partial charge < -0.3 is 5.48 Å². The maximum atomic E-state index is 0. The third kappa shape index (κ3) is 9.16. The van der Waals surface area contributed by atoms with Crippen LogP contribution < -0.4 is 0 Å². The Labute approximate surface area is 114 Å². The van der Waals surface area contributed by atoms with Crippen molar-refractivity contribution in [2.24, 2.45) is 0 Å². The van der Waals surface area contributed by atoms with Gasteiger partial charge in [0.25, 0.3) is 0 Å². The van der Waals surface area contributed by atoms with Crippen LogP contribution in [0.25, 0.3) is 0 Å². The standard InChI is InChI=1S/Ca.K.Mg.H2O.5H/h;;;1H2;;;;;. The van der Waals surface area contributed by atoms with Crippen molar-refractivity contribution < 1.29 is 5.48 Å². The van der Waals surface area contributed by atoms with E-state index in [1.165, 1.54) is 0 Å². The Morgan fingerprint density at radius 3 is 1.00 bits per heavy atom. The van der Waals surface area contributed by atoms with Crippen LogP contribution in [0, 0.1) is 0 Å². The van der Waals surface area contributed by atoms with Gasteiger partial charge in [0.15, 0.2) is 0 Å². The molecule has 4 heavy (non-hydrogen) atoms. The summed E-state index contributed by atoms with van der Waals surface area (Å²) in [5, 5.41) is 0. The van der Waals surface area contributed by atoms with Gasteiger partial charge in [0.1, 0.15) is 0 Å². The fraction of sp³-hybridized carbons (Fsp3) is 0. The average Bonchev–Trinajstić information content (AvgIpc) is 0. The molecule has 1 nitrogen and oxygen atoms in total. The molecule has 0 rings (SSSR count). The third-order valence-electron chi connectivity index (χ3n) is 0. The SMILES string of the molecule is O.[CaH2].[KH].[MgH2]. The summed E-state index contributed by atoms with van der Waals surface area (Å²) in [5.74, 6) is 0. The van der Waals surface area contributed by atoms with E-state index in [9.17, 15) is 0 Å². The molecule has 0 amide bonds. The Bertz CT molecular complexity index is 8.00. The van der Waals surface area contributed by atoms with Crippen molar-refractivity contribution >= 4 is 112 Å². The van der Waals surface area contributed by atoms with Gasteiger partial charge in [-0.25, -0.2) is 0 Å². The van der Waals surface area contributed by atoms with Gasteiger partial charge in [-0.05, 0) is 0 Å². The normalized spacial score (nSPS) is 0. The van der Waals surface area contributed by atoms with Gasteiger partial charge in [-0.15, -0.1) is 0 Å². The fourth-order valence-electron chi connectivity index (χ4n) is 0. The van der Waals surface area contributed by atoms with E-state index in [1.807, 2.05) is 0 Å². The first kappa shape index (κ1) is 25.5. The Morgan fingerprint density at radius 1 is 1.00 bits per heavy atom. The van der Waals surface area contributed by atoms with Crippen LogP contribution in [0.15, 0.2) is 0 Å². The van der Waals surface area contributed by atoms with E-state index in [0.29, 0.717) is 0 Å². The number of hydrogen-bond donors (Lipinski definition) is 0. The molecule has 18 valence electrons. The van der Waals surface area contributed by atoms with Gasteiger partial charge >= 0.3 is 112 Å². The zero-order valence-corrected chi connectivity index (χ0v) is 0.500. The van der Waals surface area contributed by atoms with Crippen molar-refractivity contribution in [3.05, 3.63) is 0 Å². The second-order valence-electron chi connectivity index (χ2n) is 0. The zero-order chi connectivity index (χ0) is 0. The van der Waals surface area contributed by atoms with Crippen molar-refractivity contribution in [1.29, 1.82) is 0 Å². The topological polar surface area (TPSA) is 31.5 Å².